The van der Waals surface area contributed by atoms with Crippen LogP contribution in [0.5, 0.6) is 0 Å². The Labute approximate surface area is 130 Å². The first kappa shape index (κ1) is 16.5. The fourth-order valence-corrected chi connectivity index (χ4v) is 4.02. The number of carbonyl (C=O) groups excluding carboxylic acids is 1. The Hall–Kier alpha value is -0.910. The zero-order valence-corrected chi connectivity index (χ0v) is 13.7. The molecule has 1 aromatic heterocycles. The number of aryl methyl sites for hydroxylation is 1. The summed E-state index contributed by atoms with van der Waals surface area (Å²) in [6, 6.07) is 2.07. The van der Waals surface area contributed by atoms with E-state index in [0.717, 1.165) is 23.6 Å². The van der Waals surface area contributed by atoms with Crippen molar-refractivity contribution >= 4 is 17.2 Å². The van der Waals surface area contributed by atoms with E-state index in [-0.39, 0.29) is 12.5 Å². The summed E-state index contributed by atoms with van der Waals surface area (Å²) >= 11 is 1.63. The van der Waals surface area contributed by atoms with Crippen molar-refractivity contribution in [1.29, 1.82) is 0 Å². The summed E-state index contributed by atoms with van der Waals surface area (Å²) in [7, 11) is 1.62. The Kier molecular flexibility index (Phi) is 6.21. The Morgan fingerprint density at radius 3 is 3.00 bits per heavy atom. The summed E-state index contributed by atoms with van der Waals surface area (Å²) in [4.78, 5) is 16.4. The molecule has 0 saturated carbocycles. The van der Waals surface area contributed by atoms with Crippen LogP contribution in [0.4, 0.5) is 0 Å². The predicted octanol–water partition coefficient (Wildman–Crippen LogP) is 2.34. The Bertz CT molecular complexity index is 472. The SMILES string of the molecule is CCC1CCc2sc(C(=O)N(CCO)CCOC)cc2C1. The molecule has 0 bridgehead atoms. The number of hydrogen-bond donors (Lipinski definition) is 1. The van der Waals surface area contributed by atoms with E-state index < -0.39 is 0 Å². The average molecular weight is 311 g/mol. The van der Waals surface area contributed by atoms with E-state index >= 15 is 0 Å². The molecular formula is C16H25NO3S. The van der Waals surface area contributed by atoms with E-state index in [1.807, 2.05) is 0 Å². The molecule has 0 saturated heterocycles. The largest absolute Gasteiger partial charge is 0.395 e. The van der Waals surface area contributed by atoms with Gasteiger partial charge in [0.05, 0.1) is 18.1 Å². The number of ether oxygens (including phenoxy) is 1. The fraction of sp³-hybridized carbons (Fsp3) is 0.688. The number of amides is 1. The maximum atomic E-state index is 12.6. The maximum absolute atomic E-state index is 12.6. The number of rotatable bonds is 7. The average Bonchev–Trinajstić information content (AvgIpc) is 2.93. The van der Waals surface area contributed by atoms with E-state index in [1.54, 1.807) is 23.3 Å². The minimum absolute atomic E-state index is 0.0154. The molecule has 0 aliphatic heterocycles. The second-order valence-electron chi connectivity index (χ2n) is 5.58. The highest BCUT2D eigenvalue weighted by Gasteiger charge is 2.24. The summed E-state index contributed by atoms with van der Waals surface area (Å²) < 4.78 is 5.04. The van der Waals surface area contributed by atoms with Crippen molar-refractivity contribution in [2.45, 2.75) is 32.6 Å². The molecule has 1 amide bonds. The molecule has 0 radical (unpaired) electrons. The van der Waals surface area contributed by atoms with Gasteiger partial charge in [-0.15, -0.1) is 11.3 Å². The molecule has 1 aromatic rings. The van der Waals surface area contributed by atoms with Gasteiger partial charge < -0.3 is 14.7 Å². The molecule has 1 heterocycles. The van der Waals surface area contributed by atoms with Crippen LogP contribution in [0.15, 0.2) is 6.07 Å². The highest BCUT2D eigenvalue weighted by Crippen LogP contribution is 2.34. The number of methoxy groups -OCH3 is 1. The number of nitrogens with zero attached hydrogens (tertiary/aromatic N) is 1. The van der Waals surface area contributed by atoms with Gasteiger partial charge in [0.15, 0.2) is 0 Å². The molecule has 1 atom stereocenters. The molecule has 2 rings (SSSR count). The third-order valence-electron chi connectivity index (χ3n) is 4.20. The third kappa shape index (κ3) is 4.05. The Morgan fingerprint density at radius 2 is 2.33 bits per heavy atom. The van der Waals surface area contributed by atoms with Crippen LogP contribution in [0.3, 0.4) is 0 Å². The van der Waals surface area contributed by atoms with Crippen molar-refractivity contribution in [3.8, 4) is 0 Å². The molecule has 5 heteroatoms. The van der Waals surface area contributed by atoms with Crippen molar-refractivity contribution in [2.75, 3.05) is 33.4 Å². The first-order valence-corrected chi connectivity index (χ1v) is 8.51. The smallest absolute Gasteiger partial charge is 0.264 e. The minimum Gasteiger partial charge on any atom is -0.395 e. The standard InChI is InChI=1S/C16H25NO3S/c1-3-12-4-5-14-13(10-12)11-15(21-14)16(19)17(6-8-18)7-9-20-2/h11-12,18H,3-10H2,1-2H3. The molecule has 0 fully saturated rings. The number of fused-ring (bicyclic) bond motifs is 1. The lowest BCUT2D eigenvalue weighted by atomic mass is 9.87. The molecule has 1 aliphatic carbocycles. The molecule has 1 N–H and O–H groups in total. The van der Waals surface area contributed by atoms with Crippen LogP contribution < -0.4 is 0 Å². The van der Waals surface area contributed by atoms with Crippen molar-refractivity contribution < 1.29 is 14.6 Å². The zero-order valence-electron chi connectivity index (χ0n) is 12.9. The highest BCUT2D eigenvalue weighted by molar-refractivity contribution is 7.14. The maximum Gasteiger partial charge on any atom is 0.264 e. The van der Waals surface area contributed by atoms with Gasteiger partial charge in [0.1, 0.15) is 0 Å². The third-order valence-corrected chi connectivity index (χ3v) is 5.42. The molecule has 0 spiro atoms. The lowest BCUT2D eigenvalue weighted by molar-refractivity contribution is 0.0661. The predicted molar refractivity (Wildman–Crippen MR) is 85.0 cm³/mol. The number of carbonyl (C=O) groups is 1. The van der Waals surface area contributed by atoms with Gasteiger partial charge in [0, 0.05) is 25.1 Å². The van der Waals surface area contributed by atoms with E-state index in [4.69, 9.17) is 9.84 Å². The summed E-state index contributed by atoms with van der Waals surface area (Å²) in [5, 5.41) is 9.13. The number of aliphatic hydroxyl groups is 1. The lowest BCUT2D eigenvalue weighted by Crippen LogP contribution is -2.35. The van der Waals surface area contributed by atoms with Gasteiger partial charge in [-0.25, -0.2) is 0 Å². The van der Waals surface area contributed by atoms with Crippen molar-refractivity contribution in [2.24, 2.45) is 5.92 Å². The van der Waals surface area contributed by atoms with Crippen LogP contribution in [0.25, 0.3) is 0 Å². The highest BCUT2D eigenvalue weighted by atomic mass is 32.1. The molecule has 1 aliphatic rings. The van der Waals surface area contributed by atoms with Crippen LogP contribution in [-0.2, 0) is 17.6 Å². The van der Waals surface area contributed by atoms with Gasteiger partial charge in [0.2, 0.25) is 0 Å². The number of thiophene rings is 1. The normalized spacial score (nSPS) is 17.6. The minimum atomic E-state index is -0.0154. The van der Waals surface area contributed by atoms with Crippen LogP contribution in [0.2, 0.25) is 0 Å². The summed E-state index contributed by atoms with van der Waals surface area (Å²) in [5.41, 5.74) is 1.36. The lowest BCUT2D eigenvalue weighted by Gasteiger charge is -2.20. The molecule has 1 unspecified atom stereocenters. The Balaban J connectivity index is 2.09. The van der Waals surface area contributed by atoms with Crippen molar-refractivity contribution in [3.63, 3.8) is 0 Å². The summed E-state index contributed by atoms with van der Waals surface area (Å²) in [6.45, 7) is 3.60. The molecular weight excluding hydrogens is 286 g/mol. The topological polar surface area (TPSA) is 49.8 Å². The van der Waals surface area contributed by atoms with Crippen LogP contribution in [-0.4, -0.2) is 49.3 Å². The zero-order chi connectivity index (χ0) is 15.2. The first-order valence-electron chi connectivity index (χ1n) is 7.70. The van der Waals surface area contributed by atoms with Gasteiger partial charge in [-0.1, -0.05) is 13.3 Å². The van der Waals surface area contributed by atoms with Gasteiger partial charge in [-0.3, -0.25) is 4.79 Å². The van der Waals surface area contributed by atoms with Crippen LogP contribution in [0.1, 0.15) is 39.9 Å². The van der Waals surface area contributed by atoms with E-state index in [1.165, 1.54) is 23.3 Å². The Morgan fingerprint density at radius 1 is 1.52 bits per heavy atom. The van der Waals surface area contributed by atoms with E-state index in [9.17, 15) is 4.79 Å². The second-order valence-corrected chi connectivity index (χ2v) is 6.72. The fourth-order valence-electron chi connectivity index (χ4n) is 2.85. The van der Waals surface area contributed by atoms with Crippen LogP contribution in [0, 0.1) is 5.92 Å². The first-order chi connectivity index (χ1) is 10.2. The van der Waals surface area contributed by atoms with Crippen LogP contribution >= 0.6 is 11.3 Å². The van der Waals surface area contributed by atoms with Gasteiger partial charge in [-0.05, 0) is 36.8 Å². The number of hydrogen-bond acceptors (Lipinski definition) is 4. The van der Waals surface area contributed by atoms with E-state index in [2.05, 4.69) is 13.0 Å². The quantitative estimate of drug-likeness (QED) is 0.841. The molecule has 0 aromatic carbocycles. The van der Waals surface area contributed by atoms with Crippen molar-refractivity contribution in [1.82, 2.24) is 4.90 Å². The molecule has 4 nitrogen and oxygen atoms in total. The second kappa shape index (κ2) is 7.92. The monoisotopic (exact) mass is 311 g/mol. The number of aliphatic hydroxyl groups excluding tert-OH is 1. The van der Waals surface area contributed by atoms with Gasteiger partial charge >= 0.3 is 0 Å². The molecule has 118 valence electrons. The molecule has 21 heavy (non-hydrogen) atoms. The van der Waals surface area contributed by atoms with Gasteiger partial charge in [0.25, 0.3) is 5.91 Å². The van der Waals surface area contributed by atoms with Gasteiger partial charge in [-0.2, -0.15) is 0 Å². The summed E-state index contributed by atoms with van der Waals surface area (Å²) in [5.74, 6) is 0.783. The van der Waals surface area contributed by atoms with E-state index in [0.29, 0.717) is 19.7 Å². The van der Waals surface area contributed by atoms with Crippen molar-refractivity contribution in [3.05, 3.63) is 21.4 Å². The summed E-state index contributed by atoms with van der Waals surface area (Å²) in [6.07, 6.45) is 4.66.